The van der Waals surface area contributed by atoms with Crippen molar-refractivity contribution in [2.75, 3.05) is 18.5 Å². The first kappa shape index (κ1) is 22.5. The molecule has 1 amide bonds. The van der Waals surface area contributed by atoms with Crippen LogP contribution in [-0.4, -0.2) is 36.0 Å². The van der Waals surface area contributed by atoms with E-state index in [4.69, 9.17) is 21.1 Å². The average molecular weight is 459 g/mol. The maximum Gasteiger partial charge on any atom is 0.341 e. The maximum absolute atomic E-state index is 12.5. The van der Waals surface area contributed by atoms with Gasteiger partial charge in [0.05, 0.1) is 17.7 Å². The summed E-state index contributed by atoms with van der Waals surface area (Å²) in [4.78, 5) is 41.7. The molecular weight excluding hydrogens is 440 g/mol. The van der Waals surface area contributed by atoms with E-state index in [2.05, 4.69) is 10.3 Å². The standard InChI is InChI=1S/C22H19ClN2O5S/c1-3-29-22(28)17-13(2)18(14-8-5-4-6-9-14)31-20(17)25-16(26)12-30-21(27)15-10-7-11-24-19(15)23/h4-11H,3,12H2,1-2H3,(H,25,26). The van der Waals surface area contributed by atoms with Gasteiger partial charge in [-0.1, -0.05) is 41.9 Å². The second kappa shape index (κ2) is 10.2. The number of nitrogens with one attached hydrogen (secondary N) is 1. The average Bonchev–Trinajstić information content (AvgIpc) is 3.09. The first-order valence-corrected chi connectivity index (χ1v) is 10.5. The van der Waals surface area contributed by atoms with Gasteiger partial charge in [-0.15, -0.1) is 11.3 Å². The van der Waals surface area contributed by atoms with Crippen LogP contribution in [0.5, 0.6) is 0 Å². The van der Waals surface area contributed by atoms with Crippen molar-refractivity contribution in [1.29, 1.82) is 0 Å². The number of pyridine rings is 1. The molecule has 3 aromatic rings. The van der Waals surface area contributed by atoms with Crippen LogP contribution in [0.3, 0.4) is 0 Å². The number of amides is 1. The number of thiophene rings is 1. The third-order valence-electron chi connectivity index (χ3n) is 4.23. The van der Waals surface area contributed by atoms with Gasteiger partial charge in [-0.2, -0.15) is 0 Å². The molecule has 0 aliphatic rings. The van der Waals surface area contributed by atoms with Gasteiger partial charge in [-0.25, -0.2) is 14.6 Å². The van der Waals surface area contributed by atoms with Gasteiger partial charge >= 0.3 is 11.9 Å². The Kier molecular flexibility index (Phi) is 7.38. The summed E-state index contributed by atoms with van der Waals surface area (Å²) < 4.78 is 10.2. The topological polar surface area (TPSA) is 94.6 Å². The number of aromatic nitrogens is 1. The summed E-state index contributed by atoms with van der Waals surface area (Å²) in [5.74, 6) is -1.90. The van der Waals surface area contributed by atoms with Crippen molar-refractivity contribution >= 4 is 45.8 Å². The number of ether oxygens (including phenoxy) is 2. The highest BCUT2D eigenvalue weighted by molar-refractivity contribution is 7.20. The van der Waals surface area contributed by atoms with Crippen molar-refractivity contribution in [3.63, 3.8) is 0 Å². The zero-order chi connectivity index (χ0) is 22.4. The van der Waals surface area contributed by atoms with Crippen LogP contribution >= 0.6 is 22.9 Å². The molecule has 0 saturated heterocycles. The van der Waals surface area contributed by atoms with Gasteiger partial charge in [0.15, 0.2) is 6.61 Å². The molecule has 0 atom stereocenters. The number of halogens is 1. The first-order valence-electron chi connectivity index (χ1n) is 9.35. The quantitative estimate of drug-likeness (QED) is 0.405. The minimum Gasteiger partial charge on any atom is -0.462 e. The molecule has 1 aromatic carbocycles. The Morgan fingerprint density at radius 2 is 1.81 bits per heavy atom. The summed E-state index contributed by atoms with van der Waals surface area (Å²) in [5, 5.41) is 2.97. The van der Waals surface area contributed by atoms with Crippen LogP contribution in [0.1, 0.15) is 33.2 Å². The minimum atomic E-state index is -0.772. The van der Waals surface area contributed by atoms with Crippen LogP contribution in [0.25, 0.3) is 10.4 Å². The second-order valence-electron chi connectivity index (χ2n) is 6.31. The lowest BCUT2D eigenvalue weighted by Crippen LogP contribution is -2.22. The molecule has 0 aliphatic carbocycles. The molecule has 0 saturated carbocycles. The van der Waals surface area contributed by atoms with Crippen molar-refractivity contribution in [3.8, 4) is 10.4 Å². The minimum absolute atomic E-state index is 0.0149. The number of hydrogen-bond donors (Lipinski definition) is 1. The molecule has 3 rings (SSSR count). The number of anilines is 1. The lowest BCUT2D eigenvalue weighted by atomic mass is 10.1. The molecular formula is C22H19ClN2O5S. The molecule has 0 fully saturated rings. The Balaban J connectivity index is 1.79. The van der Waals surface area contributed by atoms with Gasteiger partial charge in [-0.3, -0.25) is 4.79 Å². The Morgan fingerprint density at radius 3 is 2.48 bits per heavy atom. The summed E-state index contributed by atoms with van der Waals surface area (Å²) in [6, 6.07) is 12.5. The number of carbonyl (C=O) groups is 3. The molecule has 0 spiro atoms. The fraction of sp³-hybridized carbons (Fsp3) is 0.182. The molecule has 0 unspecified atom stereocenters. The molecule has 2 aromatic heterocycles. The summed E-state index contributed by atoms with van der Waals surface area (Å²) >= 11 is 7.12. The summed E-state index contributed by atoms with van der Waals surface area (Å²) in [5.41, 5.74) is 1.95. The Morgan fingerprint density at radius 1 is 1.06 bits per heavy atom. The van der Waals surface area contributed by atoms with Gasteiger partial charge in [0.25, 0.3) is 5.91 Å². The van der Waals surface area contributed by atoms with Crippen LogP contribution in [0.2, 0.25) is 5.15 Å². The van der Waals surface area contributed by atoms with Crippen LogP contribution in [0.15, 0.2) is 48.7 Å². The zero-order valence-corrected chi connectivity index (χ0v) is 18.4. The molecule has 31 heavy (non-hydrogen) atoms. The van der Waals surface area contributed by atoms with E-state index in [9.17, 15) is 14.4 Å². The maximum atomic E-state index is 12.5. The number of benzene rings is 1. The van der Waals surface area contributed by atoms with E-state index in [1.165, 1.54) is 29.7 Å². The van der Waals surface area contributed by atoms with E-state index in [1.807, 2.05) is 30.3 Å². The lowest BCUT2D eigenvalue weighted by Gasteiger charge is -2.08. The number of carbonyl (C=O) groups excluding carboxylic acids is 3. The third kappa shape index (κ3) is 5.28. The van der Waals surface area contributed by atoms with Gasteiger partial charge in [0.1, 0.15) is 10.2 Å². The Bertz CT molecular complexity index is 1110. The Hall–Kier alpha value is -3.23. The van der Waals surface area contributed by atoms with E-state index < -0.39 is 24.5 Å². The molecule has 9 heteroatoms. The summed E-state index contributed by atoms with van der Waals surface area (Å²) in [6.07, 6.45) is 1.44. The number of esters is 2. The van der Waals surface area contributed by atoms with Crippen molar-refractivity contribution in [3.05, 3.63) is 70.5 Å². The van der Waals surface area contributed by atoms with Gasteiger partial charge < -0.3 is 14.8 Å². The van der Waals surface area contributed by atoms with Crippen molar-refractivity contribution < 1.29 is 23.9 Å². The van der Waals surface area contributed by atoms with Gasteiger partial charge in [-0.05, 0) is 37.1 Å². The SMILES string of the molecule is CCOC(=O)c1c(NC(=O)COC(=O)c2cccnc2Cl)sc(-c2ccccc2)c1C. The van der Waals surface area contributed by atoms with E-state index in [-0.39, 0.29) is 22.9 Å². The number of hydrogen-bond acceptors (Lipinski definition) is 7. The fourth-order valence-electron chi connectivity index (χ4n) is 2.83. The van der Waals surface area contributed by atoms with E-state index in [0.717, 1.165) is 10.4 Å². The molecule has 7 nitrogen and oxygen atoms in total. The lowest BCUT2D eigenvalue weighted by molar-refractivity contribution is -0.119. The summed E-state index contributed by atoms with van der Waals surface area (Å²) in [6.45, 7) is 3.15. The predicted octanol–water partition coefficient (Wildman–Crippen LogP) is 4.74. The number of rotatable bonds is 7. The first-order chi connectivity index (χ1) is 14.9. The smallest absolute Gasteiger partial charge is 0.341 e. The molecule has 160 valence electrons. The highest BCUT2D eigenvalue weighted by Gasteiger charge is 2.24. The molecule has 0 radical (unpaired) electrons. The zero-order valence-electron chi connectivity index (χ0n) is 16.8. The van der Waals surface area contributed by atoms with E-state index in [1.54, 1.807) is 13.8 Å². The van der Waals surface area contributed by atoms with Crippen molar-refractivity contribution in [2.24, 2.45) is 0 Å². The molecule has 0 aliphatic heterocycles. The van der Waals surface area contributed by atoms with E-state index in [0.29, 0.717) is 10.6 Å². The highest BCUT2D eigenvalue weighted by atomic mass is 35.5. The fourth-order valence-corrected chi connectivity index (χ4v) is 4.24. The normalized spacial score (nSPS) is 10.4. The highest BCUT2D eigenvalue weighted by Crippen LogP contribution is 2.40. The van der Waals surface area contributed by atoms with Crippen LogP contribution in [0.4, 0.5) is 5.00 Å². The third-order valence-corrected chi connectivity index (χ3v) is 5.79. The number of nitrogens with zero attached hydrogens (tertiary/aromatic N) is 1. The van der Waals surface area contributed by atoms with Gasteiger partial charge in [0.2, 0.25) is 0 Å². The Labute approximate surface area is 188 Å². The monoisotopic (exact) mass is 458 g/mol. The van der Waals surface area contributed by atoms with Crippen molar-refractivity contribution in [1.82, 2.24) is 4.98 Å². The van der Waals surface area contributed by atoms with Gasteiger partial charge in [0, 0.05) is 11.1 Å². The van der Waals surface area contributed by atoms with Crippen LogP contribution in [0, 0.1) is 6.92 Å². The van der Waals surface area contributed by atoms with Crippen molar-refractivity contribution in [2.45, 2.75) is 13.8 Å². The van der Waals surface area contributed by atoms with Crippen LogP contribution in [-0.2, 0) is 14.3 Å². The van der Waals surface area contributed by atoms with E-state index >= 15 is 0 Å². The summed E-state index contributed by atoms with van der Waals surface area (Å²) in [7, 11) is 0. The molecule has 1 N–H and O–H groups in total. The molecule has 0 bridgehead atoms. The second-order valence-corrected chi connectivity index (χ2v) is 7.69. The molecule has 2 heterocycles. The van der Waals surface area contributed by atoms with Crippen LogP contribution < -0.4 is 5.32 Å². The predicted molar refractivity (Wildman–Crippen MR) is 119 cm³/mol. The largest absolute Gasteiger partial charge is 0.462 e.